The van der Waals surface area contributed by atoms with Crippen molar-refractivity contribution in [3.05, 3.63) is 26.1 Å². The Kier molecular flexibility index (Phi) is 3.55. The molecule has 0 aliphatic heterocycles. The lowest BCUT2D eigenvalue weighted by Gasteiger charge is -2.08. The number of rotatable bonds is 2. The SMILES string of the molecule is CCc1cc(C(=O)O)c(Br)c(O)c1Br. The molecule has 0 radical (unpaired) electrons. The van der Waals surface area contributed by atoms with Gasteiger partial charge in [0.25, 0.3) is 0 Å². The summed E-state index contributed by atoms with van der Waals surface area (Å²) in [6, 6.07) is 1.54. The molecule has 0 heterocycles. The maximum atomic E-state index is 10.8. The first-order chi connectivity index (χ1) is 6.49. The van der Waals surface area contributed by atoms with Crippen LogP contribution in [0.4, 0.5) is 0 Å². The van der Waals surface area contributed by atoms with E-state index in [0.29, 0.717) is 10.9 Å². The lowest BCUT2D eigenvalue weighted by molar-refractivity contribution is 0.0695. The van der Waals surface area contributed by atoms with Crippen molar-refractivity contribution in [2.75, 3.05) is 0 Å². The van der Waals surface area contributed by atoms with Crippen molar-refractivity contribution in [3.8, 4) is 5.75 Å². The van der Waals surface area contributed by atoms with Crippen LogP contribution < -0.4 is 0 Å². The number of phenols is 1. The fraction of sp³-hybridized carbons (Fsp3) is 0.222. The molecule has 1 rings (SSSR count). The van der Waals surface area contributed by atoms with Crippen molar-refractivity contribution in [1.82, 2.24) is 0 Å². The molecule has 1 aromatic rings. The Bertz CT molecular complexity index is 388. The van der Waals surface area contributed by atoms with E-state index in [0.717, 1.165) is 5.56 Å². The van der Waals surface area contributed by atoms with Crippen LogP contribution in [-0.2, 0) is 6.42 Å². The minimum Gasteiger partial charge on any atom is -0.506 e. The number of aromatic carboxylic acids is 1. The lowest BCUT2D eigenvalue weighted by atomic mass is 10.1. The molecular weight excluding hydrogens is 316 g/mol. The molecule has 2 N–H and O–H groups in total. The predicted molar refractivity (Wildman–Crippen MR) is 59.8 cm³/mol. The molecule has 0 amide bonds. The molecule has 0 saturated carbocycles. The number of hydrogen-bond acceptors (Lipinski definition) is 2. The Labute approximate surface area is 98.0 Å². The summed E-state index contributed by atoms with van der Waals surface area (Å²) in [5.41, 5.74) is 0.839. The lowest BCUT2D eigenvalue weighted by Crippen LogP contribution is -2.00. The number of carbonyl (C=O) groups is 1. The van der Waals surface area contributed by atoms with Crippen LogP contribution in [0.5, 0.6) is 5.75 Å². The first-order valence-electron chi connectivity index (χ1n) is 3.92. The van der Waals surface area contributed by atoms with E-state index in [4.69, 9.17) is 5.11 Å². The molecule has 0 bridgehead atoms. The third-order valence-electron chi connectivity index (χ3n) is 1.86. The Morgan fingerprint density at radius 2 is 2.00 bits per heavy atom. The summed E-state index contributed by atoms with van der Waals surface area (Å²) >= 11 is 6.24. The van der Waals surface area contributed by atoms with Crippen LogP contribution in [0.3, 0.4) is 0 Å². The van der Waals surface area contributed by atoms with Gasteiger partial charge in [-0.15, -0.1) is 0 Å². The number of aromatic hydroxyl groups is 1. The normalized spacial score (nSPS) is 10.2. The van der Waals surface area contributed by atoms with Crippen LogP contribution >= 0.6 is 31.9 Å². The Morgan fingerprint density at radius 1 is 1.43 bits per heavy atom. The maximum absolute atomic E-state index is 10.8. The Balaban J connectivity index is 3.48. The largest absolute Gasteiger partial charge is 0.506 e. The number of carboxylic acid groups (broad SMARTS) is 1. The van der Waals surface area contributed by atoms with Crippen LogP contribution in [0.25, 0.3) is 0 Å². The quantitative estimate of drug-likeness (QED) is 0.878. The summed E-state index contributed by atoms with van der Waals surface area (Å²) in [4.78, 5) is 10.8. The van der Waals surface area contributed by atoms with E-state index >= 15 is 0 Å². The van der Waals surface area contributed by atoms with Crippen molar-refractivity contribution in [2.24, 2.45) is 0 Å². The molecule has 0 unspecified atom stereocenters. The van der Waals surface area contributed by atoms with E-state index < -0.39 is 5.97 Å². The molecule has 14 heavy (non-hydrogen) atoms. The zero-order chi connectivity index (χ0) is 10.9. The van der Waals surface area contributed by atoms with Crippen LogP contribution in [0.1, 0.15) is 22.8 Å². The zero-order valence-electron chi connectivity index (χ0n) is 7.34. The van der Waals surface area contributed by atoms with Crippen LogP contribution in [0, 0.1) is 0 Å². The molecule has 0 aromatic heterocycles. The minimum atomic E-state index is -1.06. The molecule has 0 aliphatic carbocycles. The number of aryl methyl sites for hydroxylation is 1. The average Bonchev–Trinajstić information content (AvgIpc) is 2.14. The number of hydrogen-bond donors (Lipinski definition) is 2. The van der Waals surface area contributed by atoms with Gasteiger partial charge < -0.3 is 10.2 Å². The summed E-state index contributed by atoms with van der Waals surface area (Å²) in [6.45, 7) is 1.89. The van der Waals surface area contributed by atoms with Crippen LogP contribution in [0.2, 0.25) is 0 Å². The Morgan fingerprint density at radius 3 is 2.43 bits per heavy atom. The summed E-state index contributed by atoms with van der Waals surface area (Å²) in [5, 5.41) is 18.4. The summed E-state index contributed by atoms with van der Waals surface area (Å²) in [5.74, 6) is -1.13. The number of benzene rings is 1. The van der Waals surface area contributed by atoms with Crippen molar-refractivity contribution in [1.29, 1.82) is 0 Å². The third kappa shape index (κ3) is 1.93. The maximum Gasteiger partial charge on any atom is 0.336 e. The van der Waals surface area contributed by atoms with E-state index in [1.165, 1.54) is 6.07 Å². The second kappa shape index (κ2) is 4.31. The van der Waals surface area contributed by atoms with Crippen molar-refractivity contribution in [3.63, 3.8) is 0 Å². The van der Waals surface area contributed by atoms with Crippen molar-refractivity contribution >= 4 is 37.8 Å². The predicted octanol–water partition coefficient (Wildman–Crippen LogP) is 3.18. The highest BCUT2D eigenvalue weighted by Gasteiger charge is 2.17. The van der Waals surface area contributed by atoms with E-state index in [-0.39, 0.29) is 15.8 Å². The monoisotopic (exact) mass is 322 g/mol. The summed E-state index contributed by atoms with van der Waals surface area (Å²) < 4.78 is 0.742. The second-order valence-electron chi connectivity index (χ2n) is 2.72. The summed E-state index contributed by atoms with van der Waals surface area (Å²) in [6.07, 6.45) is 0.654. The summed E-state index contributed by atoms with van der Waals surface area (Å²) in [7, 11) is 0. The molecule has 3 nitrogen and oxygen atoms in total. The van der Waals surface area contributed by atoms with Gasteiger partial charge in [0, 0.05) is 0 Å². The van der Waals surface area contributed by atoms with E-state index in [2.05, 4.69) is 31.9 Å². The number of phenolic OH excluding ortho intramolecular Hbond substituents is 1. The molecule has 0 fully saturated rings. The molecule has 5 heteroatoms. The van der Waals surface area contributed by atoms with Gasteiger partial charge in [-0.3, -0.25) is 0 Å². The molecule has 76 valence electrons. The van der Waals surface area contributed by atoms with Gasteiger partial charge in [-0.1, -0.05) is 6.92 Å². The average molecular weight is 324 g/mol. The standard InChI is InChI=1S/C9H8Br2O3/c1-2-4-3-5(9(13)14)7(11)8(12)6(4)10/h3,12H,2H2,1H3,(H,13,14). The first kappa shape index (κ1) is 11.5. The van der Waals surface area contributed by atoms with E-state index in [9.17, 15) is 9.90 Å². The highest BCUT2D eigenvalue weighted by Crippen LogP contribution is 2.37. The third-order valence-corrected chi connectivity index (χ3v) is 3.55. The fourth-order valence-electron chi connectivity index (χ4n) is 1.09. The van der Waals surface area contributed by atoms with E-state index in [1.807, 2.05) is 6.92 Å². The molecule has 0 atom stereocenters. The van der Waals surface area contributed by atoms with Crippen molar-refractivity contribution in [2.45, 2.75) is 13.3 Å². The minimum absolute atomic E-state index is 0.0678. The smallest absolute Gasteiger partial charge is 0.336 e. The first-order valence-corrected chi connectivity index (χ1v) is 5.50. The van der Waals surface area contributed by atoms with Gasteiger partial charge in [0.2, 0.25) is 0 Å². The molecular formula is C9H8Br2O3. The zero-order valence-corrected chi connectivity index (χ0v) is 10.5. The van der Waals surface area contributed by atoms with Gasteiger partial charge in [0.05, 0.1) is 14.5 Å². The van der Waals surface area contributed by atoms with Gasteiger partial charge >= 0.3 is 5.97 Å². The number of carboxylic acids is 1. The molecule has 0 saturated heterocycles. The highest BCUT2D eigenvalue weighted by atomic mass is 79.9. The topological polar surface area (TPSA) is 57.5 Å². The molecule has 0 aliphatic rings. The molecule has 1 aromatic carbocycles. The van der Waals surface area contributed by atoms with Gasteiger partial charge in [0.1, 0.15) is 5.75 Å². The van der Waals surface area contributed by atoms with Gasteiger partial charge in [-0.2, -0.15) is 0 Å². The Hall–Kier alpha value is -0.550. The number of halogens is 2. The van der Waals surface area contributed by atoms with E-state index in [1.54, 1.807) is 0 Å². The van der Waals surface area contributed by atoms with Crippen LogP contribution in [-0.4, -0.2) is 16.2 Å². The molecule has 0 spiro atoms. The van der Waals surface area contributed by atoms with Gasteiger partial charge in [0.15, 0.2) is 0 Å². The fourth-order valence-corrected chi connectivity index (χ4v) is 2.43. The van der Waals surface area contributed by atoms with Gasteiger partial charge in [-0.25, -0.2) is 4.79 Å². The van der Waals surface area contributed by atoms with Crippen molar-refractivity contribution < 1.29 is 15.0 Å². The van der Waals surface area contributed by atoms with Gasteiger partial charge in [-0.05, 0) is 49.9 Å². The second-order valence-corrected chi connectivity index (χ2v) is 4.30. The highest BCUT2D eigenvalue weighted by molar-refractivity contribution is 9.11. The van der Waals surface area contributed by atoms with Crippen LogP contribution in [0.15, 0.2) is 15.0 Å².